The minimum Gasteiger partial charge on any atom is -0.423 e. The molecule has 33 heavy (non-hydrogen) atoms. The number of rotatable bonds is 7. The molecule has 11 nitrogen and oxygen atoms in total. The van der Waals surface area contributed by atoms with Crippen LogP contribution >= 0.6 is 0 Å². The molecule has 0 bridgehead atoms. The van der Waals surface area contributed by atoms with E-state index in [4.69, 9.17) is 11.5 Å². The van der Waals surface area contributed by atoms with Crippen molar-refractivity contribution in [2.75, 3.05) is 5.32 Å². The number of hydrogen-bond donors (Lipinski definition) is 5. The number of benzene rings is 2. The molecule has 0 radical (unpaired) electrons. The van der Waals surface area contributed by atoms with Crippen LogP contribution in [0.5, 0.6) is 0 Å². The Hall–Kier alpha value is -4.29. The third-order valence-corrected chi connectivity index (χ3v) is 5.04. The van der Waals surface area contributed by atoms with Crippen molar-refractivity contribution in [2.24, 2.45) is 11.5 Å². The van der Waals surface area contributed by atoms with E-state index in [2.05, 4.69) is 20.3 Å². The number of carbonyl (C=O) groups is 2. The third-order valence-electron chi connectivity index (χ3n) is 5.04. The summed E-state index contributed by atoms with van der Waals surface area (Å²) in [6.45, 7) is 2.04. The van der Waals surface area contributed by atoms with E-state index in [9.17, 15) is 19.6 Å². The fraction of sp³-hybridized carbons (Fsp3) is 0.0952. The lowest BCUT2D eigenvalue weighted by atomic mass is 9.80. The largest absolute Gasteiger partial charge is 0.488 e. The van der Waals surface area contributed by atoms with Gasteiger partial charge in [-0.1, -0.05) is 30.3 Å². The van der Waals surface area contributed by atoms with Crippen molar-refractivity contribution >= 4 is 41.2 Å². The summed E-state index contributed by atoms with van der Waals surface area (Å²) in [5.41, 5.74) is 13.7. The summed E-state index contributed by atoms with van der Waals surface area (Å²) in [4.78, 5) is 36.4. The van der Waals surface area contributed by atoms with E-state index < -0.39 is 18.9 Å². The Bertz CT molecular complexity index is 1390. The molecule has 2 heterocycles. The van der Waals surface area contributed by atoms with Gasteiger partial charge in [0.25, 0.3) is 5.91 Å². The molecule has 2 aromatic heterocycles. The first-order valence-corrected chi connectivity index (χ1v) is 9.90. The topological polar surface area (TPSA) is 182 Å². The van der Waals surface area contributed by atoms with E-state index in [1.165, 1.54) is 0 Å². The van der Waals surface area contributed by atoms with Crippen LogP contribution in [0.2, 0.25) is 0 Å². The molecule has 0 fully saturated rings. The van der Waals surface area contributed by atoms with Crippen molar-refractivity contribution in [1.82, 2.24) is 19.5 Å². The summed E-state index contributed by atoms with van der Waals surface area (Å²) in [7, 11) is -1.59. The van der Waals surface area contributed by atoms with Gasteiger partial charge in [-0.2, -0.15) is 15.0 Å². The molecule has 0 aliphatic heterocycles. The quantitative estimate of drug-likeness (QED) is 0.238. The molecule has 12 heteroatoms. The van der Waals surface area contributed by atoms with Crippen molar-refractivity contribution in [1.29, 1.82) is 0 Å². The molecule has 4 rings (SSSR count). The summed E-state index contributed by atoms with van der Waals surface area (Å²) in [5, 5.41) is 22.3. The van der Waals surface area contributed by atoms with Gasteiger partial charge in [0.2, 0.25) is 23.6 Å². The average molecular weight is 445 g/mol. The molecular weight excluding hydrogens is 425 g/mol. The van der Waals surface area contributed by atoms with Crippen molar-refractivity contribution < 1.29 is 19.6 Å². The van der Waals surface area contributed by atoms with Crippen molar-refractivity contribution in [3.05, 3.63) is 71.2 Å². The third kappa shape index (κ3) is 4.38. The molecule has 2 amide bonds. The Morgan fingerprint density at radius 2 is 1.79 bits per heavy atom. The molecule has 0 aliphatic carbocycles. The van der Waals surface area contributed by atoms with Gasteiger partial charge in [-0.3, -0.25) is 14.2 Å². The van der Waals surface area contributed by atoms with Crippen LogP contribution in [-0.2, 0) is 6.54 Å². The zero-order valence-electron chi connectivity index (χ0n) is 17.6. The number of carbonyl (C=O) groups excluding carboxylic acids is 2. The standard InChI is InChI=1S/C21H20BN7O4/c1-11-8-15-14(17(23)30)6-3-7-16(15)29(11)21-27-19(18(24)31)26-20(28-21)25-10-12-4-2-5-13(9-12)22(32)33/h2-9,32-33H,10H2,1H3,(H2,23,30)(H2,24,31)(H,25,26,27,28). The van der Waals surface area contributed by atoms with Crippen LogP contribution in [0.15, 0.2) is 48.5 Å². The Labute approximate surface area is 188 Å². The van der Waals surface area contributed by atoms with Crippen LogP contribution in [0.1, 0.15) is 32.2 Å². The number of hydrogen-bond acceptors (Lipinski definition) is 8. The second-order valence-corrected chi connectivity index (χ2v) is 7.34. The summed E-state index contributed by atoms with van der Waals surface area (Å²) >= 11 is 0. The highest BCUT2D eigenvalue weighted by molar-refractivity contribution is 6.58. The van der Waals surface area contributed by atoms with E-state index in [1.54, 1.807) is 60.0 Å². The maximum atomic E-state index is 11.9. The molecule has 2 aromatic carbocycles. The van der Waals surface area contributed by atoms with Gasteiger partial charge in [0, 0.05) is 23.2 Å². The molecule has 7 N–H and O–H groups in total. The van der Waals surface area contributed by atoms with Crippen LogP contribution < -0.4 is 22.2 Å². The fourth-order valence-electron chi connectivity index (χ4n) is 3.54. The first-order chi connectivity index (χ1) is 15.7. The number of aromatic nitrogens is 4. The van der Waals surface area contributed by atoms with Crippen LogP contribution in [0.3, 0.4) is 0 Å². The number of nitrogens with two attached hydrogens (primary N) is 2. The summed E-state index contributed by atoms with van der Waals surface area (Å²) in [5.74, 6) is -1.41. The van der Waals surface area contributed by atoms with Gasteiger partial charge in [-0.15, -0.1) is 0 Å². The summed E-state index contributed by atoms with van der Waals surface area (Å²) in [6.07, 6.45) is 0. The van der Waals surface area contributed by atoms with E-state index in [0.29, 0.717) is 27.6 Å². The van der Waals surface area contributed by atoms with E-state index in [-0.39, 0.29) is 24.3 Å². The van der Waals surface area contributed by atoms with Crippen molar-refractivity contribution in [3.63, 3.8) is 0 Å². The van der Waals surface area contributed by atoms with Crippen LogP contribution in [0.4, 0.5) is 5.95 Å². The average Bonchev–Trinajstić information content (AvgIpc) is 3.13. The Balaban J connectivity index is 1.76. The lowest BCUT2D eigenvalue weighted by Crippen LogP contribution is -2.30. The lowest BCUT2D eigenvalue weighted by Gasteiger charge is -2.11. The van der Waals surface area contributed by atoms with Crippen molar-refractivity contribution in [3.8, 4) is 5.95 Å². The zero-order valence-corrected chi connectivity index (χ0v) is 17.6. The maximum absolute atomic E-state index is 11.9. The summed E-state index contributed by atoms with van der Waals surface area (Å²) in [6, 6.07) is 13.5. The van der Waals surface area contributed by atoms with Crippen LogP contribution in [0.25, 0.3) is 16.9 Å². The number of amides is 2. The van der Waals surface area contributed by atoms with Gasteiger partial charge in [-0.05, 0) is 36.1 Å². The number of nitrogens with zero attached hydrogens (tertiary/aromatic N) is 4. The lowest BCUT2D eigenvalue weighted by molar-refractivity contribution is 0.0986. The normalized spacial score (nSPS) is 10.9. The number of fused-ring (bicyclic) bond motifs is 1. The second-order valence-electron chi connectivity index (χ2n) is 7.34. The number of nitrogens with one attached hydrogen (secondary N) is 1. The summed E-state index contributed by atoms with van der Waals surface area (Å²) < 4.78 is 1.67. The van der Waals surface area contributed by atoms with E-state index >= 15 is 0 Å². The predicted octanol–water partition coefficient (Wildman–Crippen LogP) is -0.386. The minimum absolute atomic E-state index is 0.0936. The Morgan fingerprint density at radius 3 is 2.48 bits per heavy atom. The van der Waals surface area contributed by atoms with Gasteiger partial charge in [0.1, 0.15) is 0 Å². The van der Waals surface area contributed by atoms with Crippen LogP contribution in [-0.4, -0.2) is 48.5 Å². The monoisotopic (exact) mass is 445 g/mol. The number of primary amides is 2. The fourth-order valence-corrected chi connectivity index (χ4v) is 3.54. The molecule has 0 aliphatic rings. The number of anilines is 1. The van der Waals surface area contributed by atoms with Gasteiger partial charge in [0.05, 0.1) is 5.52 Å². The highest BCUT2D eigenvalue weighted by atomic mass is 16.4. The first kappa shape index (κ1) is 21.9. The van der Waals surface area contributed by atoms with Gasteiger partial charge >= 0.3 is 7.12 Å². The number of aryl methyl sites for hydroxylation is 1. The van der Waals surface area contributed by atoms with E-state index in [0.717, 1.165) is 5.56 Å². The van der Waals surface area contributed by atoms with E-state index in [1.807, 2.05) is 0 Å². The molecule has 0 unspecified atom stereocenters. The highest BCUT2D eigenvalue weighted by Crippen LogP contribution is 2.25. The molecule has 0 atom stereocenters. The van der Waals surface area contributed by atoms with Gasteiger partial charge in [-0.25, -0.2) is 0 Å². The van der Waals surface area contributed by atoms with Crippen molar-refractivity contribution in [2.45, 2.75) is 13.5 Å². The molecule has 0 saturated heterocycles. The Morgan fingerprint density at radius 1 is 1.03 bits per heavy atom. The Kier molecular flexibility index (Phi) is 5.77. The zero-order chi connectivity index (χ0) is 23.7. The first-order valence-electron chi connectivity index (χ1n) is 9.90. The molecule has 0 saturated carbocycles. The molecule has 0 spiro atoms. The maximum Gasteiger partial charge on any atom is 0.488 e. The van der Waals surface area contributed by atoms with Crippen LogP contribution in [0, 0.1) is 6.92 Å². The molecular formula is C21H20BN7O4. The second kappa shape index (κ2) is 8.69. The molecule has 166 valence electrons. The minimum atomic E-state index is -1.59. The van der Waals surface area contributed by atoms with Gasteiger partial charge in [0.15, 0.2) is 0 Å². The van der Waals surface area contributed by atoms with Gasteiger partial charge < -0.3 is 26.8 Å². The smallest absolute Gasteiger partial charge is 0.423 e. The SMILES string of the molecule is Cc1cc2c(C(N)=O)cccc2n1-c1nc(NCc2cccc(B(O)O)c2)nc(C(N)=O)n1. The highest BCUT2D eigenvalue weighted by Gasteiger charge is 2.18. The molecule has 4 aromatic rings. The predicted molar refractivity (Wildman–Crippen MR) is 122 cm³/mol.